The zero-order valence-electron chi connectivity index (χ0n) is 12.0. The number of likely N-dealkylation sites (tertiary alicyclic amines) is 1. The predicted octanol–water partition coefficient (Wildman–Crippen LogP) is 0.898. The highest BCUT2D eigenvalue weighted by atomic mass is 16.4. The normalized spacial score (nSPS) is 23.8. The smallest absolute Gasteiger partial charge is 0.326 e. The highest BCUT2D eigenvalue weighted by Crippen LogP contribution is 2.25. The summed E-state index contributed by atoms with van der Waals surface area (Å²) in [6.07, 6.45) is -0.666. The summed E-state index contributed by atoms with van der Waals surface area (Å²) < 4.78 is 0. The number of hydrogen-bond acceptors (Lipinski definition) is 3. The van der Waals surface area contributed by atoms with E-state index < -0.39 is 24.1 Å². The van der Waals surface area contributed by atoms with Crippen LogP contribution in [0.1, 0.15) is 34.1 Å². The highest BCUT2D eigenvalue weighted by Gasteiger charge is 2.39. The number of aliphatic carboxylic acids is 1. The van der Waals surface area contributed by atoms with E-state index in [1.165, 1.54) is 4.90 Å². The van der Waals surface area contributed by atoms with Crippen molar-refractivity contribution >= 4 is 12.0 Å². The Balaban J connectivity index is 2.60. The molecule has 0 radical (unpaired) electrons. The van der Waals surface area contributed by atoms with Crippen LogP contribution in [-0.2, 0) is 4.79 Å². The third-order valence-corrected chi connectivity index (χ3v) is 4.08. The number of hydrogen-bond donors (Lipinski definition) is 3. The molecule has 0 aromatic rings. The first-order chi connectivity index (χ1) is 8.65. The third kappa shape index (κ3) is 3.83. The zero-order chi connectivity index (χ0) is 14.8. The maximum atomic E-state index is 12.0. The van der Waals surface area contributed by atoms with Crippen LogP contribution in [0.2, 0.25) is 0 Å². The van der Waals surface area contributed by atoms with Crippen LogP contribution in [0, 0.1) is 11.3 Å². The van der Waals surface area contributed by atoms with Crippen molar-refractivity contribution in [3.05, 3.63) is 0 Å². The fourth-order valence-corrected chi connectivity index (χ4v) is 1.88. The minimum absolute atomic E-state index is 0.0628. The Labute approximate surface area is 113 Å². The topological polar surface area (TPSA) is 89.9 Å². The van der Waals surface area contributed by atoms with E-state index in [9.17, 15) is 14.7 Å². The molecule has 2 atom stereocenters. The first kappa shape index (κ1) is 15.8. The average Bonchev–Trinajstić information content (AvgIpc) is 2.68. The molecule has 19 heavy (non-hydrogen) atoms. The Morgan fingerprint density at radius 1 is 1.42 bits per heavy atom. The van der Waals surface area contributed by atoms with Gasteiger partial charge in [-0.05, 0) is 11.3 Å². The maximum absolute atomic E-state index is 12.0. The molecule has 1 aliphatic rings. The third-order valence-electron chi connectivity index (χ3n) is 4.08. The number of aliphatic hydroxyl groups excluding tert-OH is 1. The van der Waals surface area contributed by atoms with Gasteiger partial charge in [0.05, 0.1) is 6.10 Å². The molecule has 0 unspecified atom stereocenters. The maximum Gasteiger partial charge on any atom is 0.326 e. The van der Waals surface area contributed by atoms with Crippen molar-refractivity contribution in [2.75, 3.05) is 13.1 Å². The summed E-state index contributed by atoms with van der Waals surface area (Å²) in [5, 5.41) is 21.3. The lowest BCUT2D eigenvalue weighted by atomic mass is 9.81. The van der Waals surface area contributed by atoms with Gasteiger partial charge in [0.2, 0.25) is 0 Å². The van der Waals surface area contributed by atoms with E-state index in [0.717, 1.165) is 0 Å². The Bertz CT molecular complexity index is 355. The second-order valence-corrected chi connectivity index (χ2v) is 6.20. The van der Waals surface area contributed by atoms with Gasteiger partial charge in [0.1, 0.15) is 6.04 Å². The van der Waals surface area contributed by atoms with Crippen LogP contribution in [0.5, 0.6) is 0 Å². The van der Waals surface area contributed by atoms with Crippen molar-refractivity contribution in [2.24, 2.45) is 11.3 Å². The van der Waals surface area contributed by atoms with Crippen LogP contribution in [-0.4, -0.2) is 52.3 Å². The number of amides is 2. The fourth-order valence-electron chi connectivity index (χ4n) is 1.88. The molecule has 0 spiro atoms. The van der Waals surface area contributed by atoms with Crippen molar-refractivity contribution in [2.45, 2.75) is 46.3 Å². The van der Waals surface area contributed by atoms with E-state index in [0.29, 0.717) is 12.5 Å². The van der Waals surface area contributed by atoms with Crippen LogP contribution in [0.4, 0.5) is 4.79 Å². The van der Waals surface area contributed by atoms with Crippen molar-refractivity contribution < 1.29 is 19.8 Å². The van der Waals surface area contributed by atoms with Crippen molar-refractivity contribution in [1.82, 2.24) is 10.2 Å². The Kier molecular flexibility index (Phi) is 4.79. The zero-order valence-corrected chi connectivity index (χ0v) is 12.0. The molecule has 1 aliphatic heterocycles. The quantitative estimate of drug-likeness (QED) is 0.709. The predicted molar refractivity (Wildman–Crippen MR) is 70.8 cm³/mol. The number of carbonyl (C=O) groups is 2. The first-order valence-corrected chi connectivity index (χ1v) is 6.60. The second kappa shape index (κ2) is 5.77. The molecule has 2 amide bonds. The lowest BCUT2D eigenvalue weighted by Gasteiger charge is -2.31. The summed E-state index contributed by atoms with van der Waals surface area (Å²) in [6, 6.07) is -1.35. The van der Waals surface area contributed by atoms with Gasteiger partial charge in [-0.25, -0.2) is 9.59 Å². The molecular formula is C13H24N2O4. The number of urea groups is 1. The monoisotopic (exact) mass is 272 g/mol. The molecule has 0 bridgehead atoms. The lowest BCUT2D eigenvalue weighted by Crippen LogP contribution is -2.48. The van der Waals surface area contributed by atoms with Crippen molar-refractivity contribution in [1.29, 1.82) is 0 Å². The van der Waals surface area contributed by atoms with Gasteiger partial charge in [-0.2, -0.15) is 0 Å². The van der Waals surface area contributed by atoms with Crippen molar-refractivity contribution in [3.8, 4) is 0 Å². The van der Waals surface area contributed by atoms with Crippen LogP contribution in [0.25, 0.3) is 0 Å². The van der Waals surface area contributed by atoms with E-state index in [-0.39, 0.29) is 18.4 Å². The van der Waals surface area contributed by atoms with E-state index in [1.54, 1.807) is 0 Å². The molecular weight excluding hydrogens is 248 g/mol. The molecule has 1 rings (SSSR count). The summed E-state index contributed by atoms with van der Waals surface area (Å²) in [5.41, 5.74) is -0.0628. The van der Waals surface area contributed by atoms with Gasteiger partial charge in [-0.15, -0.1) is 0 Å². The molecule has 0 aromatic heterocycles. The van der Waals surface area contributed by atoms with Gasteiger partial charge in [0.25, 0.3) is 0 Å². The van der Waals surface area contributed by atoms with Crippen LogP contribution < -0.4 is 5.32 Å². The standard InChI is InChI=1S/C13H24N2O4/c1-8(2)13(3,4)7-14-12(19)15-6-9(16)5-10(15)11(17)18/h8-10,16H,5-7H2,1-4H3,(H,14,19)(H,17,18)/t9-,10-/m1/s1. The molecule has 1 saturated heterocycles. The molecule has 1 heterocycles. The highest BCUT2D eigenvalue weighted by molar-refractivity contribution is 5.83. The molecule has 1 fully saturated rings. The summed E-state index contributed by atoms with van der Waals surface area (Å²) >= 11 is 0. The summed E-state index contributed by atoms with van der Waals surface area (Å²) in [6.45, 7) is 8.79. The lowest BCUT2D eigenvalue weighted by molar-refractivity contribution is -0.141. The molecule has 0 aromatic carbocycles. The van der Waals surface area contributed by atoms with Gasteiger partial charge < -0.3 is 20.4 Å². The van der Waals surface area contributed by atoms with E-state index >= 15 is 0 Å². The van der Waals surface area contributed by atoms with Gasteiger partial charge in [-0.3, -0.25) is 0 Å². The van der Waals surface area contributed by atoms with Crippen LogP contribution in [0.3, 0.4) is 0 Å². The number of aliphatic hydroxyl groups is 1. The number of carboxylic acid groups (broad SMARTS) is 1. The number of β-amino-alcohol motifs (C(OH)–C–C–N with tert-alkyl or cyclic N) is 1. The van der Waals surface area contributed by atoms with Gasteiger partial charge in [-0.1, -0.05) is 27.7 Å². The van der Waals surface area contributed by atoms with E-state index in [2.05, 4.69) is 19.2 Å². The first-order valence-electron chi connectivity index (χ1n) is 6.60. The van der Waals surface area contributed by atoms with Crippen LogP contribution >= 0.6 is 0 Å². The molecule has 0 aliphatic carbocycles. The second-order valence-electron chi connectivity index (χ2n) is 6.20. The summed E-state index contributed by atoms with van der Waals surface area (Å²) in [7, 11) is 0. The van der Waals surface area contributed by atoms with Crippen LogP contribution in [0.15, 0.2) is 0 Å². The number of nitrogens with zero attached hydrogens (tertiary/aromatic N) is 1. The molecule has 6 nitrogen and oxygen atoms in total. The Morgan fingerprint density at radius 2 is 2.00 bits per heavy atom. The van der Waals surface area contributed by atoms with Gasteiger partial charge >= 0.3 is 12.0 Å². The minimum atomic E-state index is -1.07. The molecule has 0 saturated carbocycles. The Morgan fingerprint density at radius 3 is 2.47 bits per heavy atom. The fraction of sp³-hybridized carbons (Fsp3) is 0.846. The summed E-state index contributed by atoms with van der Waals surface area (Å²) in [5.74, 6) is -0.679. The number of rotatable bonds is 4. The van der Waals surface area contributed by atoms with E-state index in [4.69, 9.17) is 5.11 Å². The molecule has 3 N–H and O–H groups in total. The largest absolute Gasteiger partial charge is 0.480 e. The SMILES string of the molecule is CC(C)C(C)(C)CNC(=O)N1C[C@H](O)C[C@@H]1C(=O)O. The van der Waals surface area contributed by atoms with Gasteiger partial charge in [0, 0.05) is 19.5 Å². The molecule has 110 valence electrons. The minimum Gasteiger partial charge on any atom is -0.480 e. The summed E-state index contributed by atoms with van der Waals surface area (Å²) in [4.78, 5) is 24.3. The average molecular weight is 272 g/mol. The van der Waals surface area contributed by atoms with Crippen molar-refractivity contribution in [3.63, 3.8) is 0 Å². The number of nitrogens with one attached hydrogen (secondary N) is 1. The number of carboxylic acids is 1. The number of carbonyl (C=O) groups excluding carboxylic acids is 1. The van der Waals surface area contributed by atoms with E-state index in [1.807, 2.05) is 13.8 Å². The Hall–Kier alpha value is -1.30. The van der Waals surface area contributed by atoms with Gasteiger partial charge in [0.15, 0.2) is 0 Å². The molecule has 6 heteroatoms.